The minimum Gasteiger partial charge on any atom is -0.508 e. The number of hydrogen-bond donors (Lipinski definition) is 5. The summed E-state index contributed by atoms with van der Waals surface area (Å²) in [4.78, 5) is 22.7. The largest absolute Gasteiger partial charge is 0.508 e. The number of benzene rings is 1. The summed E-state index contributed by atoms with van der Waals surface area (Å²) in [5.74, 6) is -2.32. The normalized spacial score (nSPS) is 30.2. The minimum absolute atomic E-state index is 0.0779. The van der Waals surface area contributed by atoms with Crippen LogP contribution in [0.2, 0.25) is 0 Å². The molecule has 1 aromatic carbocycles. The van der Waals surface area contributed by atoms with E-state index in [1.807, 2.05) is 0 Å². The monoisotopic (exact) mass is 338 g/mol. The van der Waals surface area contributed by atoms with Crippen LogP contribution in [0.25, 0.3) is 6.08 Å². The Morgan fingerprint density at radius 3 is 2.17 bits per heavy atom. The van der Waals surface area contributed by atoms with Crippen LogP contribution < -0.4 is 0 Å². The van der Waals surface area contributed by atoms with Gasteiger partial charge in [-0.2, -0.15) is 0 Å². The van der Waals surface area contributed by atoms with Crippen molar-refractivity contribution >= 4 is 18.0 Å². The van der Waals surface area contributed by atoms with E-state index in [2.05, 4.69) is 0 Å². The molecular formula is C16H18O8. The van der Waals surface area contributed by atoms with Gasteiger partial charge in [-0.15, -0.1) is 0 Å². The number of hydrogen-bond acceptors (Lipinski definition) is 7. The third-order valence-corrected chi connectivity index (χ3v) is 3.81. The Morgan fingerprint density at radius 1 is 1.12 bits per heavy atom. The van der Waals surface area contributed by atoms with Crippen molar-refractivity contribution in [3.63, 3.8) is 0 Å². The molecule has 0 unspecified atom stereocenters. The fraction of sp³-hybridized carbons (Fsp3) is 0.375. The standard InChI is InChI=1S/C16H18O8/c17-10-4-1-9(2-5-10)3-6-13(20)24-14-11(18)7-16(23,15(21)22)8-12(14)19/h1-6,11-12,14,17-19,23H,7-8H2,(H,21,22)/t11-,12-,14?,16?/m1/s1. The van der Waals surface area contributed by atoms with Gasteiger partial charge in [-0.05, 0) is 23.8 Å². The molecule has 1 saturated carbocycles. The third kappa shape index (κ3) is 4.10. The fourth-order valence-corrected chi connectivity index (χ4v) is 2.52. The first-order valence-corrected chi connectivity index (χ1v) is 7.21. The van der Waals surface area contributed by atoms with Crippen LogP contribution in [0, 0.1) is 0 Å². The molecule has 2 rings (SSSR count). The number of carboxylic acids is 1. The Labute approximate surface area is 137 Å². The van der Waals surface area contributed by atoms with Crippen LogP contribution in [-0.4, -0.2) is 61.4 Å². The molecule has 1 fully saturated rings. The zero-order valence-corrected chi connectivity index (χ0v) is 12.6. The highest BCUT2D eigenvalue weighted by Crippen LogP contribution is 2.31. The number of aliphatic hydroxyl groups is 3. The molecule has 0 aromatic heterocycles. The van der Waals surface area contributed by atoms with Crippen LogP contribution in [0.4, 0.5) is 0 Å². The first kappa shape index (κ1) is 17.9. The van der Waals surface area contributed by atoms with Crippen molar-refractivity contribution in [2.45, 2.75) is 36.8 Å². The van der Waals surface area contributed by atoms with E-state index in [0.29, 0.717) is 5.56 Å². The quantitative estimate of drug-likeness (QED) is 0.370. The predicted molar refractivity (Wildman–Crippen MR) is 80.9 cm³/mol. The summed E-state index contributed by atoms with van der Waals surface area (Å²) in [6, 6.07) is 6.01. The molecule has 0 spiro atoms. The molecule has 2 atom stereocenters. The summed E-state index contributed by atoms with van der Waals surface area (Å²) in [6.07, 6.45) is -2.98. The average molecular weight is 338 g/mol. The summed E-state index contributed by atoms with van der Waals surface area (Å²) in [5.41, 5.74) is -1.64. The number of carbonyl (C=O) groups excluding carboxylic acids is 1. The summed E-state index contributed by atoms with van der Waals surface area (Å²) >= 11 is 0. The molecule has 1 aliphatic rings. The van der Waals surface area contributed by atoms with E-state index in [9.17, 15) is 24.9 Å². The molecule has 24 heavy (non-hydrogen) atoms. The SMILES string of the molecule is O=C(C=Cc1ccc(O)cc1)OC1[C@H](O)CC(O)(C(=O)O)C[C@H]1O. The zero-order chi connectivity index (χ0) is 17.9. The lowest BCUT2D eigenvalue weighted by Crippen LogP contribution is -2.57. The Kier molecular flexibility index (Phi) is 5.23. The molecule has 5 N–H and O–H groups in total. The smallest absolute Gasteiger partial charge is 0.335 e. The van der Waals surface area contributed by atoms with E-state index in [1.54, 1.807) is 12.1 Å². The number of carbonyl (C=O) groups is 2. The second-order valence-electron chi connectivity index (χ2n) is 5.71. The molecule has 0 bridgehead atoms. The maximum atomic E-state index is 11.8. The molecule has 8 nitrogen and oxygen atoms in total. The predicted octanol–water partition coefficient (Wildman–Crippen LogP) is -0.352. The first-order chi connectivity index (χ1) is 11.2. The van der Waals surface area contributed by atoms with Crippen molar-refractivity contribution in [2.24, 2.45) is 0 Å². The number of phenolic OH excluding ortho intramolecular Hbond substituents is 1. The van der Waals surface area contributed by atoms with Crippen LogP contribution >= 0.6 is 0 Å². The number of carboxylic acid groups (broad SMARTS) is 1. The van der Waals surface area contributed by atoms with Gasteiger partial charge in [0.1, 0.15) is 5.75 Å². The van der Waals surface area contributed by atoms with E-state index < -0.39 is 48.7 Å². The Balaban J connectivity index is 1.98. The Morgan fingerprint density at radius 2 is 1.67 bits per heavy atom. The maximum absolute atomic E-state index is 11.8. The number of ether oxygens (including phenoxy) is 1. The van der Waals surface area contributed by atoms with Crippen LogP contribution in [0.1, 0.15) is 18.4 Å². The number of aliphatic hydroxyl groups excluding tert-OH is 2. The molecule has 0 aliphatic heterocycles. The van der Waals surface area contributed by atoms with Crippen LogP contribution in [-0.2, 0) is 14.3 Å². The highest BCUT2D eigenvalue weighted by Gasteiger charge is 2.50. The van der Waals surface area contributed by atoms with Gasteiger partial charge in [-0.3, -0.25) is 0 Å². The maximum Gasteiger partial charge on any atom is 0.335 e. The van der Waals surface area contributed by atoms with Crippen LogP contribution in [0.15, 0.2) is 30.3 Å². The third-order valence-electron chi connectivity index (χ3n) is 3.81. The molecular weight excluding hydrogens is 320 g/mol. The van der Waals surface area contributed by atoms with Gasteiger partial charge in [0.25, 0.3) is 0 Å². The van der Waals surface area contributed by atoms with E-state index in [1.165, 1.54) is 18.2 Å². The first-order valence-electron chi connectivity index (χ1n) is 7.21. The molecule has 1 aliphatic carbocycles. The molecule has 1 aromatic rings. The molecule has 0 amide bonds. The van der Waals surface area contributed by atoms with Gasteiger partial charge in [0, 0.05) is 18.9 Å². The lowest BCUT2D eigenvalue weighted by atomic mass is 9.79. The Hall–Kier alpha value is -2.42. The lowest BCUT2D eigenvalue weighted by molar-refractivity contribution is -0.196. The van der Waals surface area contributed by atoms with Crippen molar-refractivity contribution in [3.05, 3.63) is 35.9 Å². The van der Waals surface area contributed by atoms with E-state index in [0.717, 1.165) is 6.08 Å². The van der Waals surface area contributed by atoms with Crippen molar-refractivity contribution < 1.29 is 39.9 Å². The van der Waals surface area contributed by atoms with Crippen molar-refractivity contribution in [1.82, 2.24) is 0 Å². The number of rotatable bonds is 4. The summed E-state index contributed by atoms with van der Waals surface area (Å²) < 4.78 is 4.96. The second kappa shape index (κ2) is 7.00. The zero-order valence-electron chi connectivity index (χ0n) is 12.6. The molecule has 8 heteroatoms. The minimum atomic E-state index is -2.26. The van der Waals surface area contributed by atoms with Crippen LogP contribution in [0.5, 0.6) is 5.75 Å². The summed E-state index contributed by atoms with van der Waals surface area (Å²) in [6.45, 7) is 0. The highest BCUT2D eigenvalue weighted by atomic mass is 16.6. The number of esters is 1. The van der Waals surface area contributed by atoms with Gasteiger partial charge in [0.2, 0.25) is 0 Å². The van der Waals surface area contributed by atoms with Gasteiger partial charge < -0.3 is 30.3 Å². The van der Waals surface area contributed by atoms with Crippen LogP contribution in [0.3, 0.4) is 0 Å². The molecule has 0 radical (unpaired) electrons. The Bertz CT molecular complexity index is 624. The molecule has 130 valence electrons. The summed E-state index contributed by atoms with van der Waals surface area (Å²) in [5, 5.41) is 47.7. The van der Waals surface area contributed by atoms with E-state index in [4.69, 9.17) is 14.9 Å². The van der Waals surface area contributed by atoms with Gasteiger partial charge in [0.05, 0.1) is 12.2 Å². The topological polar surface area (TPSA) is 145 Å². The van der Waals surface area contributed by atoms with E-state index in [-0.39, 0.29) is 5.75 Å². The van der Waals surface area contributed by atoms with Crippen molar-refractivity contribution in [2.75, 3.05) is 0 Å². The number of phenols is 1. The average Bonchev–Trinajstić information content (AvgIpc) is 2.50. The number of aliphatic carboxylic acids is 1. The lowest BCUT2D eigenvalue weighted by Gasteiger charge is -2.39. The van der Waals surface area contributed by atoms with Crippen molar-refractivity contribution in [3.8, 4) is 5.75 Å². The second-order valence-corrected chi connectivity index (χ2v) is 5.71. The fourth-order valence-electron chi connectivity index (χ4n) is 2.52. The molecule has 0 heterocycles. The van der Waals surface area contributed by atoms with E-state index >= 15 is 0 Å². The van der Waals surface area contributed by atoms with Gasteiger partial charge in [-0.25, -0.2) is 9.59 Å². The van der Waals surface area contributed by atoms with Gasteiger partial charge in [-0.1, -0.05) is 12.1 Å². The summed E-state index contributed by atoms with van der Waals surface area (Å²) in [7, 11) is 0. The van der Waals surface area contributed by atoms with Crippen molar-refractivity contribution in [1.29, 1.82) is 0 Å². The highest BCUT2D eigenvalue weighted by molar-refractivity contribution is 5.87. The number of aromatic hydroxyl groups is 1. The van der Waals surface area contributed by atoms with Gasteiger partial charge in [0.15, 0.2) is 11.7 Å². The molecule has 0 saturated heterocycles. The van der Waals surface area contributed by atoms with Gasteiger partial charge >= 0.3 is 11.9 Å².